The number of hydrogen-bond acceptors (Lipinski definition) is 14. The number of phenolic OH excluding ortho intramolecular Hbond substituents is 2. The molecule has 0 fully saturated rings. The molecule has 0 aliphatic heterocycles. The van der Waals surface area contributed by atoms with Gasteiger partial charge in [-0.05, 0) is 79.2 Å². The summed E-state index contributed by atoms with van der Waals surface area (Å²) in [5.74, 6) is -8.42. The van der Waals surface area contributed by atoms with Gasteiger partial charge in [-0.1, -0.05) is 12.1 Å². The first kappa shape index (κ1) is 46.2. The van der Waals surface area contributed by atoms with Crippen LogP contribution in [-0.2, 0) is 16.0 Å². The van der Waals surface area contributed by atoms with Crippen molar-refractivity contribution in [2.75, 3.05) is 35.5 Å². The molecule has 1 atom stereocenters. The van der Waals surface area contributed by atoms with Crippen LogP contribution in [0.1, 0.15) is 59.7 Å². The van der Waals surface area contributed by atoms with Gasteiger partial charge in [0.15, 0.2) is 23.0 Å². The van der Waals surface area contributed by atoms with Crippen LogP contribution < -0.4 is 36.1 Å². The number of nitrogens with one attached hydrogen (secondary N) is 6. The maximum atomic E-state index is 13.6. The highest BCUT2D eigenvalue weighted by Crippen LogP contribution is 2.41. The molecule has 0 saturated carbocycles. The van der Waals surface area contributed by atoms with Crippen molar-refractivity contribution in [3.8, 4) is 28.7 Å². The zero-order valence-electron chi connectivity index (χ0n) is 34.8. The van der Waals surface area contributed by atoms with Gasteiger partial charge >= 0.3 is 5.97 Å². The molecule has 22 heteroatoms. The largest absolute Gasteiger partial charge is 0.507 e. The molecular weight excluding hydrogens is 866 g/mol. The maximum absolute atomic E-state index is 13.6. The van der Waals surface area contributed by atoms with Crippen molar-refractivity contribution in [2.45, 2.75) is 19.4 Å². The van der Waals surface area contributed by atoms with E-state index >= 15 is 0 Å². The van der Waals surface area contributed by atoms with Gasteiger partial charge < -0.3 is 56.5 Å². The third kappa shape index (κ3) is 10.8. The highest BCUT2D eigenvalue weighted by atomic mass is 19.1. The summed E-state index contributed by atoms with van der Waals surface area (Å²) in [5, 5.41) is 64.2. The Morgan fingerprint density at radius 3 is 1.91 bits per heavy atom. The third-order valence-electron chi connectivity index (χ3n) is 9.52. The number of carbonyl (C=O) groups is 6. The molecule has 0 unspecified atom stereocenters. The standard InChI is InChI=1S/C44H38FN9O12/c1-21(16-22-4-6-23(45)7-5-22)39(58)49-25-9-13-32(46-19-25)42(61)52-33(17-26-20-47-54-53-26)43(62)48-24-8-10-27(34(55)18-24)40(59)50-30-14-11-28(35(56)37(30)65-2)41(60)51-31-15-12-29(44(63)64)36(57)38(31)66-3/h4-16,18-20,33,55-57H,17H2,1-3H3,(H,48,62)(H,49,58)(H,50,59)(H,51,60)(H,52,61)(H,63,64)(H,47,53,54)/b21-16+/t33-/m0/s1. The number of phenols is 3. The molecule has 0 aliphatic carbocycles. The smallest absolute Gasteiger partial charge is 0.339 e. The fourth-order valence-corrected chi connectivity index (χ4v) is 6.20. The molecule has 5 amide bonds. The molecular formula is C44H38FN9O12. The van der Waals surface area contributed by atoms with Crippen LogP contribution in [-0.4, -0.2) is 96.6 Å². The van der Waals surface area contributed by atoms with Gasteiger partial charge in [-0.2, -0.15) is 15.4 Å². The average Bonchev–Trinajstić information content (AvgIpc) is 3.80. The predicted molar refractivity (Wildman–Crippen MR) is 233 cm³/mol. The summed E-state index contributed by atoms with van der Waals surface area (Å²) >= 11 is 0. The molecule has 10 N–H and O–H groups in total. The van der Waals surface area contributed by atoms with E-state index in [1.165, 1.54) is 73.1 Å². The van der Waals surface area contributed by atoms with Gasteiger partial charge in [0, 0.05) is 23.7 Å². The first-order valence-electron chi connectivity index (χ1n) is 19.2. The summed E-state index contributed by atoms with van der Waals surface area (Å²) in [6, 6.07) is 15.2. The van der Waals surface area contributed by atoms with Gasteiger partial charge in [-0.15, -0.1) is 0 Å². The first-order valence-corrected chi connectivity index (χ1v) is 19.2. The molecule has 6 rings (SSSR count). The number of carboxylic acids is 1. The number of anilines is 4. The monoisotopic (exact) mass is 903 g/mol. The van der Waals surface area contributed by atoms with E-state index in [0.29, 0.717) is 16.8 Å². The molecule has 0 saturated heterocycles. The van der Waals surface area contributed by atoms with E-state index in [4.69, 9.17) is 9.47 Å². The Kier molecular flexibility index (Phi) is 14.2. The van der Waals surface area contributed by atoms with Crippen molar-refractivity contribution >= 4 is 64.3 Å². The van der Waals surface area contributed by atoms with Crippen molar-refractivity contribution in [3.63, 3.8) is 0 Å². The van der Waals surface area contributed by atoms with Crippen LogP contribution in [0.25, 0.3) is 6.08 Å². The van der Waals surface area contributed by atoms with E-state index < -0.39 is 70.2 Å². The number of methoxy groups -OCH3 is 2. The minimum Gasteiger partial charge on any atom is -0.507 e. The lowest BCUT2D eigenvalue weighted by atomic mass is 10.1. The molecule has 66 heavy (non-hydrogen) atoms. The Morgan fingerprint density at radius 1 is 0.727 bits per heavy atom. The van der Waals surface area contributed by atoms with Gasteiger partial charge in [0.1, 0.15) is 28.9 Å². The number of nitrogens with zero attached hydrogens (tertiary/aromatic N) is 3. The molecule has 338 valence electrons. The molecule has 0 aliphatic rings. The minimum atomic E-state index is -1.44. The van der Waals surface area contributed by atoms with Gasteiger partial charge in [0.25, 0.3) is 23.6 Å². The van der Waals surface area contributed by atoms with Gasteiger partial charge in [0.05, 0.1) is 60.5 Å². The van der Waals surface area contributed by atoms with Crippen molar-refractivity contribution in [3.05, 3.63) is 136 Å². The number of amides is 5. The third-order valence-corrected chi connectivity index (χ3v) is 9.52. The van der Waals surface area contributed by atoms with Crippen LogP contribution in [0.3, 0.4) is 0 Å². The second-order valence-corrected chi connectivity index (χ2v) is 14.0. The molecule has 21 nitrogen and oxygen atoms in total. The van der Waals surface area contributed by atoms with E-state index in [0.717, 1.165) is 32.4 Å². The predicted octanol–water partition coefficient (Wildman–Crippen LogP) is 4.70. The van der Waals surface area contributed by atoms with Crippen LogP contribution in [0.15, 0.2) is 96.8 Å². The van der Waals surface area contributed by atoms with Crippen LogP contribution in [0, 0.1) is 5.82 Å². The number of ether oxygens (including phenoxy) is 2. The second kappa shape index (κ2) is 20.2. The Labute approximate surface area is 372 Å². The lowest BCUT2D eigenvalue weighted by Gasteiger charge is -2.18. The van der Waals surface area contributed by atoms with Crippen LogP contribution in [0.2, 0.25) is 0 Å². The van der Waals surface area contributed by atoms with E-state index in [9.17, 15) is 53.6 Å². The van der Waals surface area contributed by atoms with Crippen molar-refractivity contribution in [1.29, 1.82) is 0 Å². The lowest BCUT2D eigenvalue weighted by molar-refractivity contribution is -0.118. The van der Waals surface area contributed by atoms with Gasteiger partial charge in [0.2, 0.25) is 5.91 Å². The number of hydrogen-bond donors (Lipinski definition) is 10. The van der Waals surface area contributed by atoms with Crippen LogP contribution in [0.5, 0.6) is 28.7 Å². The Hall–Kier alpha value is -9.34. The number of aromatic carboxylic acids is 1. The molecule has 4 aromatic carbocycles. The van der Waals surface area contributed by atoms with Crippen molar-refractivity contribution < 1.29 is 63.1 Å². The molecule has 2 heterocycles. The SMILES string of the molecule is COc1c(NC(=O)c2ccc(NC(=O)c3ccc(NC(=O)[C@H](Cc4cn[nH]n4)NC(=O)c4ccc(NC(=O)/C(C)=C/c5ccc(F)cc5)cn4)cc3O)c(OC)c2O)ccc(C(=O)O)c1O. The number of aromatic amines is 1. The summed E-state index contributed by atoms with van der Waals surface area (Å²) < 4.78 is 23.6. The van der Waals surface area contributed by atoms with Gasteiger partial charge in [-0.25, -0.2) is 14.2 Å². The van der Waals surface area contributed by atoms with Crippen LogP contribution in [0.4, 0.5) is 27.1 Å². The van der Waals surface area contributed by atoms with E-state index in [2.05, 4.69) is 47.0 Å². The number of aromatic nitrogens is 4. The Balaban J connectivity index is 1.10. The fourth-order valence-electron chi connectivity index (χ4n) is 6.20. The number of halogens is 1. The molecule has 6 aromatic rings. The van der Waals surface area contributed by atoms with Gasteiger partial charge in [-0.3, -0.25) is 24.0 Å². The second-order valence-electron chi connectivity index (χ2n) is 14.0. The summed E-state index contributed by atoms with van der Waals surface area (Å²) in [5.41, 5.74) is 0.0529. The summed E-state index contributed by atoms with van der Waals surface area (Å²) in [7, 11) is 2.30. The Morgan fingerprint density at radius 2 is 1.33 bits per heavy atom. The number of benzene rings is 4. The van der Waals surface area contributed by atoms with E-state index in [1.807, 2.05) is 0 Å². The normalized spacial score (nSPS) is 11.4. The molecule has 0 radical (unpaired) electrons. The lowest BCUT2D eigenvalue weighted by Crippen LogP contribution is -2.45. The first-order chi connectivity index (χ1) is 31.6. The Bertz CT molecular complexity index is 2870. The van der Waals surface area contributed by atoms with Crippen molar-refractivity contribution in [2.24, 2.45) is 0 Å². The fraction of sp³-hybridized carbons (Fsp3) is 0.114. The highest BCUT2D eigenvalue weighted by molar-refractivity contribution is 6.11. The summed E-state index contributed by atoms with van der Waals surface area (Å²) in [6.07, 6.45) is 4.03. The number of carbonyl (C=O) groups excluding carboxylic acids is 5. The number of rotatable bonds is 16. The summed E-state index contributed by atoms with van der Waals surface area (Å²) in [4.78, 5) is 81.7. The zero-order chi connectivity index (χ0) is 47.7. The average molecular weight is 904 g/mol. The molecule has 0 spiro atoms. The molecule has 0 bridgehead atoms. The zero-order valence-corrected chi connectivity index (χ0v) is 34.8. The van der Waals surface area contributed by atoms with E-state index in [-0.39, 0.29) is 57.5 Å². The minimum absolute atomic E-state index is 0.0172. The quantitative estimate of drug-likeness (QED) is 0.0589. The highest BCUT2D eigenvalue weighted by Gasteiger charge is 2.27. The van der Waals surface area contributed by atoms with E-state index in [1.54, 1.807) is 13.0 Å². The number of carboxylic acid groups (broad SMARTS) is 1. The summed E-state index contributed by atoms with van der Waals surface area (Å²) in [6.45, 7) is 1.57. The number of aromatic hydroxyl groups is 3. The topological polar surface area (TPSA) is 316 Å². The number of pyridine rings is 1. The molecule has 2 aromatic heterocycles. The van der Waals surface area contributed by atoms with Crippen molar-refractivity contribution in [1.82, 2.24) is 25.7 Å². The van der Waals surface area contributed by atoms with Crippen LogP contribution >= 0.6 is 0 Å². The number of H-pyrrole nitrogens is 1. The maximum Gasteiger partial charge on any atom is 0.339 e.